The smallest absolute Gasteiger partial charge is 0.263 e. The van der Waals surface area contributed by atoms with E-state index < -0.39 is 12.3 Å². The van der Waals surface area contributed by atoms with Crippen LogP contribution >= 0.6 is 0 Å². The third-order valence-electron chi connectivity index (χ3n) is 5.40. The van der Waals surface area contributed by atoms with Crippen LogP contribution in [0.25, 0.3) is 5.70 Å². The van der Waals surface area contributed by atoms with Gasteiger partial charge in [0.05, 0.1) is 25.5 Å². The summed E-state index contributed by atoms with van der Waals surface area (Å²) in [4.78, 5) is 14.7. The number of morpholine rings is 1. The van der Waals surface area contributed by atoms with Crippen LogP contribution in [-0.2, 0) is 9.47 Å². The number of allylic oxidation sites excluding steroid dienone is 1. The van der Waals surface area contributed by atoms with E-state index >= 15 is 0 Å². The largest absolute Gasteiger partial charge is 0.478 e. The van der Waals surface area contributed by atoms with Crippen LogP contribution in [0.3, 0.4) is 0 Å². The van der Waals surface area contributed by atoms with E-state index in [1.54, 1.807) is 18.2 Å². The Bertz CT molecular complexity index is 1080. The van der Waals surface area contributed by atoms with Gasteiger partial charge in [-0.1, -0.05) is 18.2 Å². The zero-order valence-electron chi connectivity index (χ0n) is 19.3. The molecule has 0 unspecified atom stereocenters. The first-order valence-electron chi connectivity index (χ1n) is 11.0. The Hall–Kier alpha value is -3.59. The zero-order chi connectivity index (χ0) is 24.7. The number of rotatable bonds is 8. The van der Waals surface area contributed by atoms with Crippen molar-refractivity contribution in [2.75, 3.05) is 38.2 Å². The Balaban J connectivity index is 1.88. The molecule has 0 spiro atoms. The standard InChI is InChI=1S/C25H30F2N4O3/c1-3-34-24(29)22(31-9-11-33-12-10-31)15-21(28)20-14-19(8-7-16(20)2)30-25(32)18-6-4-5-17(13-18)23(26)27/h4-8,13-15,23H,3,9-12,28-29H2,1-2H3,(H,30,32)/b21-15-,24-22-. The molecule has 1 aliphatic heterocycles. The van der Waals surface area contributed by atoms with E-state index in [9.17, 15) is 13.6 Å². The van der Waals surface area contributed by atoms with Crippen molar-refractivity contribution >= 4 is 17.3 Å². The molecule has 2 aromatic rings. The lowest BCUT2D eigenvalue weighted by molar-refractivity contribution is 0.0519. The third-order valence-corrected chi connectivity index (χ3v) is 5.40. The summed E-state index contributed by atoms with van der Waals surface area (Å²) in [7, 11) is 0. The quantitative estimate of drug-likeness (QED) is 0.397. The van der Waals surface area contributed by atoms with Crippen molar-refractivity contribution < 1.29 is 23.0 Å². The number of nitrogens with one attached hydrogen (secondary N) is 1. The van der Waals surface area contributed by atoms with Gasteiger partial charge in [-0.25, -0.2) is 8.78 Å². The molecule has 0 atom stereocenters. The highest BCUT2D eigenvalue weighted by atomic mass is 19.3. The molecule has 0 aromatic heterocycles. The average Bonchev–Trinajstić information content (AvgIpc) is 2.84. The lowest BCUT2D eigenvalue weighted by Gasteiger charge is -2.30. The first kappa shape index (κ1) is 25.0. The van der Waals surface area contributed by atoms with E-state index in [0.29, 0.717) is 55.6 Å². The number of hydrogen-bond acceptors (Lipinski definition) is 6. The molecule has 2 aromatic carbocycles. The molecule has 3 rings (SSSR count). The molecule has 1 heterocycles. The van der Waals surface area contributed by atoms with Crippen LogP contribution in [0.2, 0.25) is 0 Å². The summed E-state index contributed by atoms with van der Waals surface area (Å²) in [6.45, 7) is 6.62. The van der Waals surface area contributed by atoms with Crippen molar-refractivity contribution in [1.29, 1.82) is 0 Å². The van der Waals surface area contributed by atoms with Gasteiger partial charge in [0.25, 0.3) is 12.3 Å². The van der Waals surface area contributed by atoms with Crippen LogP contribution in [0, 0.1) is 6.92 Å². The molecular weight excluding hydrogens is 442 g/mol. The van der Waals surface area contributed by atoms with Gasteiger partial charge in [-0.15, -0.1) is 0 Å². The van der Waals surface area contributed by atoms with E-state index in [0.717, 1.165) is 5.56 Å². The maximum Gasteiger partial charge on any atom is 0.263 e. The van der Waals surface area contributed by atoms with Crippen LogP contribution in [0.4, 0.5) is 14.5 Å². The van der Waals surface area contributed by atoms with Gasteiger partial charge < -0.3 is 31.2 Å². The Morgan fingerprint density at radius 2 is 1.94 bits per heavy atom. The molecule has 0 bridgehead atoms. The molecule has 0 aliphatic carbocycles. The summed E-state index contributed by atoms with van der Waals surface area (Å²) in [5.41, 5.74) is 15.8. The molecule has 0 saturated carbocycles. The van der Waals surface area contributed by atoms with Crippen molar-refractivity contribution in [2.45, 2.75) is 20.3 Å². The highest BCUT2D eigenvalue weighted by Crippen LogP contribution is 2.24. The molecule has 34 heavy (non-hydrogen) atoms. The van der Waals surface area contributed by atoms with Gasteiger partial charge in [0.1, 0.15) is 0 Å². The molecule has 5 N–H and O–H groups in total. The van der Waals surface area contributed by atoms with Crippen LogP contribution in [0.1, 0.15) is 40.4 Å². The molecule has 182 valence electrons. The number of anilines is 1. The van der Waals surface area contributed by atoms with E-state index in [1.807, 2.05) is 19.9 Å². The van der Waals surface area contributed by atoms with E-state index in [1.165, 1.54) is 24.3 Å². The summed E-state index contributed by atoms with van der Waals surface area (Å²) < 4.78 is 36.9. The van der Waals surface area contributed by atoms with Crippen molar-refractivity contribution in [3.05, 3.63) is 82.4 Å². The minimum Gasteiger partial charge on any atom is -0.478 e. The molecule has 0 radical (unpaired) electrons. The molecule has 9 heteroatoms. The fraction of sp³-hybridized carbons (Fsp3) is 0.320. The summed E-state index contributed by atoms with van der Waals surface area (Å²) in [6, 6.07) is 10.7. The first-order chi connectivity index (χ1) is 16.3. The number of nitrogens with zero attached hydrogens (tertiary/aromatic N) is 1. The van der Waals surface area contributed by atoms with Gasteiger partial charge in [0, 0.05) is 41.2 Å². The fourth-order valence-corrected chi connectivity index (χ4v) is 3.61. The van der Waals surface area contributed by atoms with Crippen LogP contribution in [0.5, 0.6) is 0 Å². The predicted octanol–water partition coefficient (Wildman–Crippen LogP) is 3.98. The lowest BCUT2D eigenvalue weighted by atomic mass is 10.0. The highest BCUT2D eigenvalue weighted by Gasteiger charge is 2.18. The normalized spacial score (nSPS) is 15.2. The predicted molar refractivity (Wildman–Crippen MR) is 128 cm³/mol. The van der Waals surface area contributed by atoms with Crippen LogP contribution in [-0.4, -0.2) is 43.7 Å². The minimum atomic E-state index is -2.65. The highest BCUT2D eigenvalue weighted by molar-refractivity contribution is 6.04. The van der Waals surface area contributed by atoms with Gasteiger partial charge in [0.2, 0.25) is 5.88 Å². The van der Waals surface area contributed by atoms with Crippen molar-refractivity contribution in [3.8, 4) is 0 Å². The Kier molecular flexibility index (Phi) is 8.48. The van der Waals surface area contributed by atoms with Crippen molar-refractivity contribution in [2.24, 2.45) is 11.5 Å². The Morgan fingerprint density at radius 3 is 2.62 bits per heavy atom. The second-order valence-corrected chi connectivity index (χ2v) is 7.79. The summed E-state index contributed by atoms with van der Waals surface area (Å²) in [5, 5.41) is 2.75. The topological polar surface area (TPSA) is 103 Å². The van der Waals surface area contributed by atoms with E-state index in [-0.39, 0.29) is 17.0 Å². The van der Waals surface area contributed by atoms with Gasteiger partial charge in [-0.05, 0) is 49.8 Å². The number of aryl methyl sites for hydroxylation is 1. The maximum atomic E-state index is 13.0. The Labute approximate surface area is 198 Å². The fourth-order valence-electron chi connectivity index (χ4n) is 3.61. The molecule has 1 amide bonds. The second-order valence-electron chi connectivity index (χ2n) is 7.79. The number of halogens is 2. The number of benzene rings is 2. The molecule has 1 saturated heterocycles. The SMILES string of the molecule is CCO/C(N)=C(/C=C(\N)c1cc(NC(=O)c2cccc(C(F)F)c2)ccc1C)N1CCOCC1. The average molecular weight is 473 g/mol. The molecule has 7 nitrogen and oxygen atoms in total. The first-order valence-corrected chi connectivity index (χ1v) is 11.0. The molecular formula is C25H30F2N4O3. The van der Waals surface area contributed by atoms with E-state index in [4.69, 9.17) is 20.9 Å². The lowest BCUT2D eigenvalue weighted by Crippen LogP contribution is -2.37. The second kappa shape index (κ2) is 11.5. The Morgan fingerprint density at radius 1 is 1.21 bits per heavy atom. The van der Waals surface area contributed by atoms with Gasteiger partial charge >= 0.3 is 0 Å². The zero-order valence-corrected chi connectivity index (χ0v) is 19.3. The van der Waals surface area contributed by atoms with E-state index in [2.05, 4.69) is 10.2 Å². The monoisotopic (exact) mass is 472 g/mol. The number of ether oxygens (including phenoxy) is 2. The van der Waals surface area contributed by atoms with Gasteiger partial charge in [-0.2, -0.15) is 0 Å². The molecule has 1 aliphatic rings. The van der Waals surface area contributed by atoms with Gasteiger partial charge in [0.15, 0.2) is 0 Å². The number of nitrogens with two attached hydrogens (primary N) is 2. The van der Waals surface area contributed by atoms with Gasteiger partial charge in [-0.3, -0.25) is 4.79 Å². The van der Waals surface area contributed by atoms with Crippen molar-refractivity contribution in [3.63, 3.8) is 0 Å². The minimum absolute atomic E-state index is 0.144. The number of carbonyl (C=O) groups is 1. The summed E-state index contributed by atoms with van der Waals surface area (Å²) >= 11 is 0. The number of hydrogen-bond donors (Lipinski definition) is 3. The van der Waals surface area contributed by atoms with Crippen molar-refractivity contribution in [1.82, 2.24) is 4.90 Å². The maximum absolute atomic E-state index is 13.0. The van der Waals surface area contributed by atoms with Crippen LogP contribution in [0.15, 0.2) is 60.1 Å². The number of amides is 1. The molecule has 1 fully saturated rings. The number of carbonyl (C=O) groups excluding carboxylic acids is 1. The summed E-state index contributed by atoms with van der Waals surface area (Å²) in [6.07, 6.45) is -0.891. The third kappa shape index (κ3) is 6.26. The number of alkyl halides is 2. The van der Waals surface area contributed by atoms with Crippen LogP contribution < -0.4 is 16.8 Å². The summed E-state index contributed by atoms with van der Waals surface area (Å²) in [5.74, 6) is -0.220.